The Balaban J connectivity index is 1.72. The standard InChI is InChI=1S/C17H26N2O/c1-14-6-8-15(9-7-14)4-3-5-17(20)19(2)16-10-12-18-13-11-16/h6-9,16,18H,3-5,10-13H2,1-2H3. The topological polar surface area (TPSA) is 32.3 Å². The average Bonchev–Trinajstić information content (AvgIpc) is 2.49. The smallest absolute Gasteiger partial charge is 0.222 e. The van der Waals surface area contributed by atoms with Crippen LogP contribution in [0.3, 0.4) is 0 Å². The summed E-state index contributed by atoms with van der Waals surface area (Å²) in [5, 5.41) is 3.34. The number of benzene rings is 1. The minimum absolute atomic E-state index is 0.295. The summed E-state index contributed by atoms with van der Waals surface area (Å²) in [5.74, 6) is 0.295. The Labute approximate surface area is 122 Å². The quantitative estimate of drug-likeness (QED) is 0.895. The fourth-order valence-corrected chi connectivity index (χ4v) is 2.77. The number of nitrogens with zero attached hydrogens (tertiary/aromatic N) is 1. The third-order valence-corrected chi connectivity index (χ3v) is 4.23. The van der Waals surface area contributed by atoms with Crippen LogP contribution in [0.15, 0.2) is 24.3 Å². The molecule has 1 heterocycles. The van der Waals surface area contributed by atoms with E-state index in [4.69, 9.17) is 0 Å². The Kier molecular flexibility index (Phi) is 5.60. The summed E-state index contributed by atoms with van der Waals surface area (Å²) in [7, 11) is 1.96. The van der Waals surface area contributed by atoms with E-state index < -0.39 is 0 Å². The number of hydrogen-bond donors (Lipinski definition) is 1. The van der Waals surface area contributed by atoms with Gasteiger partial charge >= 0.3 is 0 Å². The molecule has 2 rings (SSSR count). The number of rotatable bonds is 5. The predicted octanol–water partition coefficient (Wildman–Crippen LogP) is 2.53. The van der Waals surface area contributed by atoms with Crippen molar-refractivity contribution in [1.29, 1.82) is 0 Å². The van der Waals surface area contributed by atoms with Crippen LogP contribution in [0.5, 0.6) is 0 Å². The number of carbonyl (C=O) groups excluding carboxylic acids is 1. The van der Waals surface area contributed by atoms with Gasteiger partial charge in [-0.25, -0.2) is 0 Å². The number of piperidine rings is 1. The molecule has 1 aliphatic rings. The van der Waals surface area contributed by atoms with Crippen LogP contribution in [-0.4, -0.2) is 37.0 Å². The van der Waals surface area contributed by atoms with Crippen molar-refractivity contribution in [3.63, 3.8) is 0 Å². The maximum Gasteiger partial charge on any atom is 0.222 e. The maximum absolute atomic E-state index is 12.2. The van der Waals surface area contributed by atoms with Crippen molar-refractivity contribution in [2.24, 2.45) is 0 Å². The van der Waals surface area contributed by atoms with Gasteiger partial charge in [-0.05, 0) is 51.3 Å². The largest absolute Gasteiger partial charge is 0.343 e. The summed E-state index contributed by atoms with van der Waals surface area (Å²) in [4.78, 5) is 14.2. The Hall–Kier alpha value is -1.35. The van der Waals surface area contributed by atoms with Crippen LogP contribution in [0.25, 0.3) is 0 Å². The highest BCUT2D eigenvalue weighted by molar-refractivity contribution is 5.76. The lowest BCUT2D eigenvalue weighted by Crippen LogP contribution is -2.43. The first-order valence-electron chi connectivity index (χ1n) is 7.69. The van der Waals surface area contributed by atoms with Gasteiger partial charge in [0.25, 0.3) is 0 Å². The van der Waals surface area contributed by atoms with Gasteiger partial charge in [0.2, 0.25) is 5.91 Å². The molecule has 1 N–H and O–H groups in total. The van der Waals surface area contributed by atoms with E-state index in [1.54, 1.807) is 0 Å². The molecule has 1 aromatic carbocycles. The second-order valence-corrected chi connectivity index (χ2v) is 5.82. The third-order valence-electron chi connectivity index (χ3n) is 4.23. The molecule has 1 amide bonds. The maximum atomic E-state index is 12.2. The van der Waals surface area contributed by atoms with Gasteiger partial charge in [-0.2, -0.15) is 0 Å². The zero-order valence-electron chi connectivity index (χ0n) is 12.7. The molecule has 0 unspecified atom stereocenters. The molecule has 1 fully saturated rings. The molecule has 3 nitrogen and oxygen atoms in total. The van der Waals surface area contributed by atoms with E-state index in [2.05, 4.69) is 36.5 Å². The number of carbonyl (C=O) groups is 1. The van der Waals surface area contributed by atoms with Crippen molar-refractivity contribution in [1.82, 2.24) is 10.2 Å². The summed E-state index contributed by atoms with van der Waals surface area (Å²) in [6, 6.07) is 9.03. The SMILES string of the molecule is Cc1ccc(CCCC(=O)N(C)C2CCNCC2)cc1. The van der Waals surface area contributed by atoms with Gasteiger partial charge in [-0.15, -0.1) is 0 Å². The summed E-state index contributed by atoms with van der Waals surface area (Å²) in [6.45, 7) is 4.17. The average molecular weight is 274 g/mol. The first-order chi connectivity index (χ1) is 9.66. The normalized spacial score (nSPS) is 16.1. The van der Waals surface area contributed by atoms with Crippen molar-refractivity contribution < 1.29 is 4.79 Å². The number of amides is 1. The summed E-state index contributed by atoms with van der Waals surface area (Å²) < 4.78 is 0. The van der Waals surface area contributed by atoms with E-state index in [9.17, 15) is 4.79 Å². The van der Waals surface area contributed by atoms with Crippen LogP contribution in [0.1, 0.15) is 36.8 Å². The van der Waals surface area contributed by atoms with Crippen molar-refractivity contribution in [3.05, 3.63) is 35.4 Å². The van der Waals surface area contributed by atoms with Crippen LogP contribution < -0.4 is 5.32 Å². The third kappa shape index (κ3) is 4.34. The summed E-state index contributed by atoms with van der Waals surface area (Å²) >= 11 is 0. The molecule has 1 aromatic rings. The molecule has 3 heteroatoms. The predicted molar refractivity (Wildman–Crippen MR) is 82.8 cm³/mol. The molecule has 0 aromatic heterocycles. The monoisotopic (exact) mass is 274 g/mol. The number of hydrogen-bond acceptors (Lipinski definition) is 2. The van der Waals surface area contributed by atoms with Gasteiger partial charge in [-0.3, -0.25) is 4.79 Å². The van der Waals surface area contributed by atoms with E-state index in [1.807, 2.05) is 11.9 Å². The van der Waals surface area contributed by atoms with E-state index >= 15 is 0 Å². The number of nitrogens with one attached hydrogen (secondary N) is 1. The minimum Gasteiger partial charge on any atom is -0.343 e. The molecule has 0 aliphatic carbocycles. The summed E-state index contributed by atoms with van der Waals surface area (Å²) in [5.41, 5.74) is 2.61. The zero-order valence-corrected chi connectivity index (χ0v) is 12.7. The van der Waals surface area contributed by atoms with Crippen molar-refractivity contribution >= 4 is 5.91 Å². The lowest BCUT2D eigenvalue weighted by Gasteiger charge is -2.31. The molecule has 1 saturated heterocycles. The van der Waals surface area contributed by atoms with Gasteiger partial charge in [0, 0.05) is 19.5 Å². The lowest BCUT2D eigenvalue weighted by atomic mass is 10.0. The van der Waals surface area contributed by atoms with Gasteiger partial charge < -0.3 is 10.2 Å². The van der Waals surface area contributed by atoms with Crippen LogP contribution in [0.4, 0.5) is 0 Å². The van der Waals surface area contributed by atoms with Crippen molar-refractivity contribution in [3.8, 4) is 0 Å². The second-order valence-electron chi connectivity index (χ2n) is 5.82. The van der Waals surface area contributed by atoms with E-state index in [1.165, 1.54) is 11.1 Å². The molecule has 0 spiro atoms. The first-order valence-corrected chi connectivity index (χ1v) is 7.69. The summed E-state index contributed by atoms with van der Waals surface area (Å²) in [6.07, 6.45) is 4.76. The zero-order chi connectivity index (χ0) is 14.4. The first kappa shape index (κ1) is 15.0. The molecular weight excluding hydrogens is 248 g/mol. The van der Waals surface area contributed by atoms with Crippen LogP contribution in [0, 0.1) is 6.92 Å². The molecule has 1 aliphatic heterocycles. The molecular formula is C17H26N2O. The highest BCUT2D eigenvalue weighted by Gasteiger charge is 2.21. The number of aryl methyl sites for hydroxylation is 2. The molecule has 110 valence electrons. The molecule has 0 atom stereocenters. The van der Waals surface area contributed by atoms with E-state index in [0.29, 0.717) is 18.4 Å². The van der Waals surface area contributed by atoms with Crippen LogP contribution in [-0.2, 0) is 11.2 Å². The molecule has 0 saturated carbocycles. The Morgan fingerprint density at radius 3 is 2.55 bits per heavy atom. The second kappa shape index (κ2) is 7.44. The van der Waals surface area contributed by atoms with E-state index in [0.717, 1.165) is 38.8 Å². The lowest BCUT2D eigenvalue weighted by molar-refractivity contribution is -0.132. The van der Waals surface area contributed by atoms with Crippen molar-refractivity contribution in [2.45, 2.75) is 45.1 Å². The van der Waals surface area contributed by atoms with Gasteiger partial charge in [0.1, 0.15) is 0 Å². The highest BCUT2D eigenvalue weighted by atomic mass is 16.2. The minimum atomic E-state index is 0.295. The molecule has 0 bridgehead atoms. The molecule has 0 radical (unpaired) electrons. The van der Waals surface area contributed by atoms with Crippen molar-refractivity contribution in [2.75, 3.05) is 20.1 Å². The molecule has 20 heavy (non-hydrogen) atoms. The highest BCUT2D eigenvalue weighted by Crippen LogP contribution is 2.13. The Bertz CT molecular complexity index is 421. The Morgan fingerprint density at radius 2 is 1.90 bits per heavy atom. The van der Waals surface area contributed by atoms with Crippen LogP contribution >= 0.6 is 0 Å². The van der Waals surface area contributed by atoms with Gasteiger partial charge in [0.15, 0.2) is 0 Å². The fraction of sp³-hybridized carbons (Fsp3) is 0.588. The Morgan fingerprint density at radius 1 is 1.25 bits per heavy atom. The van der Waals surface area contributed by atoms with E-state index in [-0.39, 0.29) is 0 Å². The van der Waals surface area contributed by atoms with Crippen LogP contribution in [0.2, 0.25) is 0 Å². The van der Waals surface area contributed by atoms with Gasteiger partial charge in [-0.1, -0.05) is 29.8 Å². The van der Waals surface area contributed by atoms with Gasteiger partial charge in [0.05, 0.1) is 0 Å². The fourth-order valence-electron chi connectivity index (χ4n) is 2.77.